The van der Waals surface area contributed by atoms with Crippen molar-refractivity contribution < 1.29 is 14.6 Å². The fourth-order valence-corrected chi connectivity index (χ4v) is 1.19. The summed E-state index contributed by atoms with van der Waals surface area (Å²) in [5, 5.41) is 9.45. The van der Waals surface area contributed by atoms with Crippen LogP contribution in [0.25, 0.3) is 0 Å². The molecule has 1 rings (SSSR count). The molecule has 4 heteroatoms. The second-order valence-corrected chi connectivity index (χ2v) is 2.57. The number of phenolic OH excluding ortho intramolecular Hbond substituents is 1. The van der Waals surface area contributed by atoms with Gasteiger partial charge in [-0.25, -0.2) is 0 Å². The maximum absolute atomic E-state index is 9.12. The quantitative estimate of drug-likeness (QED) is 0.772. The molecule has 0 aliphatic rings. The van der Waals surface area contributed by atoms with Gasteiger partial charge in [0.05, 0.1) is 19.2 Å². The number of aromatic hydroxyl groups is 1. The molecule has 0 spiro atoms. The summed E-state index contributed by atoms with van der Waals surface area (Å²) in [7, 11) is 2.97. The van der Waals surface area contributed by atoms with Crippen molar-refractivity contribution in [2.75, 3.05) is 14.2 Å². The van der Waals surface area contributed by atoms with Crippen molar-refractivity contribution in [1.29, 1.82) is 0 Å². The molecule has 0 radical (unpaired) electrons. The molecule has 0 aliphatic carbocycles. The number of rotatable bonds is 2. The first-order chi connectivity index (χ1) is 5.69. The van der Waals surface area contributed by atoms with Gasteiger partial charge in [0, 0.05) is 12.1 Å². The second-order valence-electron chi connectivity index (χ2n) is 2.16. The number of hydrogen-bond donors (Lipinski definition) is 1. The second kappa shape index (κ2) is 3.54. The molecule has 0 unspecified atom stereocenters. The van der Waals surface area contributed by atoms with Gasteiger partial charge < -0.3 is 14.6 Å². The molecule has 1 aromatic rings. The zero-order valence-electron chi connectivity index (χ0n) is 6.80. The molecule has 0 aliphatic heterocycles. The highest BCUT2D eigenvalue weighted by Gasteiger charge is 2.09. The summed E-state index contributed by atoms with van der Waals surface area (Å²) in [4.78, 5) is 0. The van der Waals surface area contributed by atoms with Gasteiger partial charge in [-0.3, -0.25) is 0 Å². The smallest absolute Gasteiger partial charge is 0.179 e. The zero-order chi connectivity index (χ0) is 9.14. The van der Waals surface area contributed by atoms with E-state index in [0.717, 1.165) is 0 Å². The highest BCUT2D eigenvalue weighted by molar-refractivity contribution is 6.32. The first-order valence-corrected chi connectivity index (χ1v) is 3.67. The van der Waals surface area contributed by atoms with E-state index in [2.05, 4.69) is 0 Å². The van der Waals surface area contributed by atoms with Crippen molar-refractivity contribution in [2.24, 2.45) is 0 Å². The van der Waals surface area contributed by atoms with Crippen molar-refractivity contribution in [3.8, 4) is 17.2 Å². The predicted octanol–water partition coefficient (Wildman–Crippen LogP) is 2.06. The summed E-state index contributed by atoms with van der Waals surface area (Å²) in [6, 6.07) is 2.83. The Hall–Kier alpha value is -1.09. The summed E-state index contributed by atoms with van der Waals surface area (Å²) in [6.45, 7) is 0. The van der Waals surface area contributed by atoms with Crippen LogP contribution in [0.5, 0.6) is 17.2 Å². The van der Waals surface area contributed by atoms with E-state index in [9.17, 15) is 0 Å². The molecule has 0 heterocycles. The highest BCUT2D eigenvalue weighted by atomic mass is 35.5. The molecular formula is C8H9ClO3. The highest BCUT2D eigenvalue weighted by Crippen LogP contribution is 2.37. The fourth-order valence-electron chi connectivity index (χ4n) is 0.904. The number of methoxy groups -OCH3 is 2. The summed E-state index contributed by atoms with van der Waals surface area (Å²) in [5.74, 6) is 0.900. The number of phenols is 1. The zero-order valence-corrected chi connectivity index (χ0v) is 7.55. The van der Waals surface area contributed by atoms with Crippen LogP contribution in [-0.2, 0) is 0 Å². The standard InChI is InChI=1S/C8H9ClO3/c1-11-7-4-5(10)3-6(9)8(7)12-2/h3-4,10H,1-2H3. The van der Waals surface area contributed by atoms with Gasteiger partial charge in [0.1, 0.15) is 5.75 Å². The minimum Gasteiger partial charge on any atom is -0.508 e. The Morgan fingerprint density at radius 1 is 1.25 bits per heavy atom. The summed E-state index contributed by atoms with van der Waals surface area (Å²) in [5.41, 5.74) is 0. The molecule has 0 fully saturated rings. The average molecular weight is 189 g/mol. The lowest BCUT2D eigenvalue weighted by molar-refractivity contribution is 0.351. The van der Waals surface area contributed by atoms with Crippen LogP contribution in [0.2, 0.25) is 5.02 Å². The van der Waals surface area contributed by atoms with Crippen molar-refractivity contribution in [2.45, 2.75) is 0 Å². The Bertz CT molecular complexity index is 286. The molecule has 0 saturated heterocycles. The first kappa shape index (κ1) is 9.00. The molecule has 0 bridgehead atoms. The van der Waals surface area contributed by atoms with Crippen LogP contribution < -0.4 is 9.47 Å². The molecule has 12 heavy (non-hydrogen) atoms. The van der Waals surface area contributed by atoms with E-state index in [1.54, 1.807) is 0 Å². The molecular weight excluding hydrogens is 180 g/mol. The number of hydrogen-bond acceptors (Lipinski definition) is 3. The molecule has 3 nitrogen and oxygen atoms in total. The van der Waals surface area contributed by atoms with Crippen LogP contribution in [0.15, 0.2) is 12.1 Å². The monoisotopic (exact) mass is 188 g/mol. The lowest BCUT2D eigenvalue weighted by Crippen LogP contribution is -1.90. The van der Waals surface area contributed by atoms with Gasteiger partial charge in [-0.1, -0.05) is 11.6 Å². The third-order valence-electron chi connectivity index (χ3n) is 1.42. The van der Waals surface area contributed by atoms with E-state index >= 15 is 0 Å². The molecule has 1 aromatic carbocycles. The Kier molecular flexibility index (Phi) is 2.65. The Balaban J connectivity index is 3.24. The van der Waals surface area contributed by atoms with E-state index in [0.29, 0.717) is 16.5 Å². The lowest BCUT2D eigenvalue weighted by atomic mass is 10.3. The van der Waals surface area contributed by atoms with Crippen LogP contribution in [0, 0.1) is 0 Å². The number of benzene rings is 1. The van der Waals surface area contributed by atoms with E-state index in [-0.39, 0.29) is 5.75 Å². The molecule has 66 valence electrons. The van der Waals surface area contributed by atoms with E-state index < -0.39 is 0 Å². The molecule has 0 saturated carbocycles. The van der Waals surface area contributed by atoms with Crippen molar-refractivity contribution in [3.05, 3.63) is 17.2 Å². The molecule has 1 N–H and O–H groups in total. The molecule has 0 aromatic heterocycles. The summed E-state index contributed by atoms with van der Waals surface area (Å²) < 4.78 is 9.88. The third-order valence-corrected chi connectivity index (χ3v) is 1.70. The lowest BCUT2D eigenvalue weighted by Gasteiger charge is -2.08. The minimum absolute atomic E-state index is 0.0534. The van der Waals surface area contributed by atoms with Crippen LogP contribution >= 0.6 is 11.6 Å². The molecule has 0 amide bonds. The fraction of sp³-hybridized carbons (Fsp3) is 0.250. The van der Waals surface area contributed by atoms with Gasteiger partial charge in [-0.2, -0.15) is 0 Å². The van der Waals surface area contributed by atoms with Crippen LogP contribution in [0.1, 0.15) is 0 Å². The largest absolute Gasteiger partial charge is 0.508 e. The summed E-state index contributed by atoms with van der Waals surface area (Å²) in [6.07, 6.45) is 0. The van der Waals surface area contributed by atoms with Crippen LogP contribution in [0.4, 0.5) is 0 Å². The predicted molar refractivity (Wildman–Crippen MR) is 46.2 cm³/mol. The Labute approximate surface area is 75.5 Å². The van der Waals surface area contributed by atoms with Gasteiger partial charge in [0.15, 0.2) is 11.5 Å². The summed E-state index contributed by atoms with van der Waals surface area (Å²) >= 11 is 5.75. The van der Waals surface area contributed by atoms with Gasteiger partial charge in [0.25, 0.3) is 0 Å². The van der Waals surface area contributed by atoms with E-state index in [1.165, 1.54) is 26.4 Å². The maximum atomic E-state index is 9.12. The first-order valence-electron chi connectivity index (χ1n) is 3.29. The minimum atomic E-state index is 0.0534. The van der Waals surface area contributed by atoms with Crippen molar-refractivity contribution in [1.82, 2.24) is 0 Å². The van der Waals surface area contributed by atoms with Gasteiger partial charge in [0.2, 0.25) is 0 Å². The SMILES string of the molecule is COc1cc(O)cc(Cl)c1OC. The average Bonchev–Trinajstić information content (AvgIpc) is 2.03. The molecule has 0 atom stereocenters. The van der Waals surface area contributed by atoms with Crippen LogP contribution in [0.3, 0.4) is 0 Å². The third kappa shape index (κ3) is 1.56. The van der Waals surface area contributed by atoms with Crippen molar-refractivity contribution >= 4 is 11.6 Å². The van der Waals surface area contributed by atoms with Gasteiger partial charge >= 0.3 is 0 Å². The Morgan fingerprint density at radius 3 is 2.42 bits per heavy atom. The van der Waals surface area contributed by atoms with Gasteiger partial charge in [-0.15, -0.1) is 0 Å². The van der Waals surface area contributed by atoms with E-state index in [1.807, 2.05) is 0 Å². The van der Waals surface area contributed by atoms with Gasteiger partial charge in [-0.05, 0) is 0 Å². The van der Waals surface area contributed by atoms with Crippen LogP contribution in [-0.4, -0.2) is 19.3 Å². The van der Waals surface area contributed by atoms with E-state index in [4.69, 9.17) is 26.2 Å². The number of ether oxygens (including phenoxy) is 2. The Morgan fingerprint density at radius 2 is 1.92 bits per heavy atom. The van der Waals surface area contributed by atoms with Crippen molar-refractivity contribution in [3.63, 3.8) is 0 Å². The normalized spacial score (nSPS) is 9.58. The topological polar surface area (TPSA) is 38.7 Å². The number of halogens is 1. The maximum Gasteiger partial charge on any atom is 0.179 e.